The first-order valence-corrected chi connectivity index (χ1v) is 8.70. The summed E-state index contributed by atoms with van der Waals surface area (Å²) in [7, 11) is 0. The summed E-state index contributed by atoms with van der Waals surface area (Å²) in [6.07, 6.45) is 1.52. The molecule has 4 aromatic rings. The van der Waals surface area contributed by atoms with Crippen LogP contribution in [0.3, 0.4) is 0 Å². The van der Waals surface area contributed by atoms with Crippen LogP contribution in [0.2, 0.25) is 0 Å². The number of amides is 1. The third kappa shape index (κ3) is 2.92. The lowest BCUT2D eigenvalue weighted by molar-refractivity contribution is -0.118. The van der Waals surface area contributed by atoms with Gasteiger partial charge in [0.2, 0.25) is 5.91 Å². The van der Waals surface area contributed by atoms with Crippen molar-refractivity contribution < 1.29 is 14.7 Å². The molecule has 0 aliphatic carbocycles. The Morgan fingerprint density at radius 2 is 1.93 bits per heavy atom. The Balaban J connectivity index is 2.10. The average molecular weight is 374 g/mol. The minimum absolute atomic E-state index is 0.0454. The van der Waals surface area contributed by atoms with Crippen LogP contribution < -0.4 is 5.73 Å². The number of aryl methyl sites for hydroxylation is 1. The lowest BCUT2D eigenvalue weighted by Gasteiger charge is -2.10. The van der Waals surface area contributed by atoms with Gasteiger partial charge in [0.15, 0.2) is 0 Å². The first-order chi connectivity index (χ1) is 13.5. The third-order valence-corrected chi connectivity index (χ3v) is 4.62. The molecule has 0 aliphatic heterocycles. The number of aromatic nitrogens is 3. The Morgan fingerprint density at radius 1 is 1.18 bits per heavy atom. The highest BCUT2D eigenvalue weighted by Gasteiger charge is 2.25. The number of carboxylic acids is 1. The number of primary amides is 1. The summed E-state index contributed by atoms with van der Waals surface area (Å²) in [6, 6.07) is 15.1. The van der Waals surface area contributed by atoms with Gasteiger partial charge in [-0.1, -0.05) is 42.0 Å². The number of nitrogens with one attached hydrogen (secondary N) is 1. The van der Waals surface area contributed by atoms with E-state index in [0.29, 0.717) is 22.5 Å². The maximum Gasteiger partial charge on any atom is 0.353 e. The minimum atomic E-state index is -1.09. The third-order valence-electron chi connectivity index (χ3n) is 4.62. The Bertz CT molecular complexity index is 1210. The molecule has 4 N–H and O–H groups in total. The van der Waals surface area contributed by atoms with Crippen LogP contribution >= 0.6 is 0 Å². The van der Waals surface area contributed by atoms with E-state index in [0.717, 1.165) is 16.5 Å². The van der Waals surface area contributed by atoms with E-state index < -0.39 is 11.9 Å². The number of carbonyl (C=O) groups is 2. The summed E-state index contributed by atoms with van der Waals surface area (Å²) >= 11 is 0. The van der Waals surface area contributed by atoms with Gasteiger partial charge in [-0.05, 0) is 19.1 Å². The van der Waals surface area contributed by atoms with Gasteiger partial charge in [0.25, 0.3) is 0 Å². The second-order valence-electron chi connectivity index (χ2n) is 6.63. The van der Waals surface area contributed by atoms with E-state index in [1.54, 1.807) is 4.57 Å². The first-order valence-electron chi connectivity index (χ1n) is 8.70. The molecule has 0 bridgehead atoms. The van der Waals surface area contributed by atoms with E-state index in [4.69, 9.17) is 5.73 Å². The second-order valence-corrected chi connectivity index (χ2v) is 6.63. The summed E-state index contributed by atoms with van der Waals surface area (Å²) in [5.74, 6) is -1.62. The van der Waals surface area contributed by atoms with Gasteiger partial charge in [0, 0.05) is 22.0 Å². The average Bonchev–Trinajstić information content (AvgIpc) is 3.22. The molecule has 7 heteroatoms. The Morgan fingerprint density at radius 3 is 2.61 bits per heavy atom. The van der Waals surface area contributed by atoms with E-state index >= 15 is 0 Å². The number of fused-ring (bicyclic) bond motifs is 1. The molecular formula is C21H18N4O3. The zero-order valence-electron chi connectivity index (χ0n) is 15.1. The number of carboxylic acid groups (broad SMARTS) is 1. The molecule has 0 saturated heterocycles. The second kappa shape index (κ2) is 6.70. The standard InChI is InChI=1S/C21H18N4O3/c1-12-7-8-15-14(9-12)17(19(24-15)21(27)28)20-18(13-5-3-2-4-6-13)23-11-25(20)10-16(22)26/h2-9,11,24H,10H2,1H3,(H2,22,26)(H,27,28). The van der Waals surface area contributed by atoms with Gasteiger partial charge in [-0.3, -0.25) is 4.79 Å². The van der Waals surface area contributed by atoms with Crippen molar-refractivity contribution in [2.24, 2.45) is 5.73 Å². The number of hydrogen-bond donors (Lipinski definition) is 3. The van der Waals surface area contributed by atoms with Gasteiger partial charge in [-0.25, -0.2) is 9.78 Å². The fourth-order valence-corrected chi connectivity index (χ4v) is 3.45. The number of hydrogen-bond acceptors (Lipinski definition) is 3. The smallest absolute Gasteiger partial charge is 0.353 e. The lowest BCUT2D eigenvalue weighted by atomic mass is 10.0. The SMILES string of the molecule is Cc1ccc2[nH]c(C(=O)O)c(-c3c(-c4ccccc4)ncn3CC(N)=O)c2c1. The molecule has 0 spiro atoms. The lowest BCUT2D eigenvalue weighted by Crippen LogP contribution is -2.19. The van der Waals surface area contributed by atoms with Gasteiger partial charge in [0.1, 0.15) is 12.2 Å². The minimum Gasteiger partial charge on any atom is -0.477 e. The number of nitrogens with zero attached hydrogens (tertiary/aromatic N) is 2. The molecule has 7 nitrogen and oxygen atoms in total. The molecule has 2 heterocycles. The van der Waals surface area contributed by atoms with Crippen molar-refractivity contribution in [3.63, 3.8) is 0 Å². The van der Waals surface area contributed by atoms with Crippen LogP contribution in [0.1, 0.15) is 16.1 Å². The maximum absolute atomic E-state index is 12.0. The maximum atomic E-state index is 12.0. The van der Waals surface area contributed by atoms with Crippen molar-refractivity contribution in [3.05, 3.63) is 66.1 Å². The molecule has 1 amide bonds. The van der Waals surface area contributed by atoms with E-state index in [9.17, 15) is 14.7 Å². The van der Waals surface area contributed by atoms with E-state index in [-0.39, 0.29) is 12.2 Å². The van der Waals surface area contributed by atoms with Crippen molar-refractivity contribution in [1.82, 2.24) is 14.5 Å². The number of carbonyl (C=O) groups excluding carboxylic acids is 1. The Kier molecular flexibility index (Phi) is 4.19. The molecule has 140 valence electrons. The predicted molar refractivity (Wildman–Crippen MR) is 106 cm³/mol. The molecule has 0 unspecified atom stereocenters. The molecule has 0 radical (unpaired) electrons. The molecule has 28 heavy (non-hydrogen) atoms. The normalized spacial score (nSPS) is 11.0. The zero-order chi connectivity index (χ0) is 19.8. The summed E-state index contributed by atoms with van der Waals surface area (Å²) in [5, 5.41) is 10.6. The Hall–Kier alpha value is -3.87. The number of rotatable bonds is 5. The van der Waals surface area contributed by atoms with Gasteiger partial charge in [-0.2, -0.15) is 0 Å². The number of aromatic carboxylic acids is 1. The number of H-pyrrole nitrogens is 1. The van der Waals surface area contributed by atoms with E-state index in [1.165, 1.54) is 6.33 Å². The zero-order valence-corrected chi connectivity index (χ0v) is 15.1. The van der Waals surface area contributed by atoms with Crippen LogP contribution in [0.25, 0.3) is 33.4 Å². The Labute approximate surface area is 160 Å². The molecule has 4 rings (SSSR count). The highest BCUT2D eigenvalue weighted by atomic mass is 16.4. The van der Waals surface area contributed by atoms with Crippen LogP contribution in [0.5, 0.6) is 0 Å². The van der Waals surface area contributed by atoms with Crippen LogP contribution in [0, 0.1) is 6.92 Å². The molecule has 0 fully saturated rings. The monoisotopic (exact) mass is 374 g/mol. The van der Waals surface area contributed by atoms with Gasteiger partial charge < -0.3 is 20.4 Å². The van der Waals surface area contributed by atoms with Crippen LogP contribution in [0.4, 0.5) is 0 Å². The van der Waals surface area contributed by atoms with Crippen molar-refractivity contribution >= 4 is 22.8 Å². The van der Waals surface area contributed by atoms with Gasteiger partial charge in [-0.15, -0.1) is 0 Å². The topological polar surface area (TPSA) is 114 Å². The van der Waals surface area contributed by atoms with Crippen molar-refractivity contribution in [2.75, 3.05) is 0 Å². The summed E-state index contributed by atoms with van der Waals surface area (Å²) in [6.45, 7) is 1.84. The van der Waals surface area contributed by atoms with Crippen LogP contribution in [-0.2, 0) is 11.3 Å². The predicted octanol–water partition coefficient (Wildman–Crippen LogP) is 3.19. The largest absolute Gasteiger partial charge is 0.477 e. The summed E-state index contributed by atoms with van der Waals surface area (Å²) in [4.78, 5) is 31.1. The van der Waals surface area contributed by atoms with E-state index in [2.05, 4.69) is 9.97 Å². The molecule has 0 saturated carbocycles. The van der Waals surface area contributed by atoms with E-state index in [1.807, 2.05) is 55.5 Å². The molecule has 2 aromatic heterocycles. The van der Waals surface area contributed by atoms with Crippen LogP contribution in [0.15, 0.2) is 54.9 Å². The van der Waals surface area contributed by atoms with Gasteiger partial charge in [0.05, 0.1) is 17.7 Å². The number of benzene rings is 2. The fraction of sp³-hybridized carbons (Fsp3) is 0.0952. The van der Waals surface area contributed by atoms with Crippen LogP contribution in [-0.4, -0.2) is 31.5 Å². The van der Waals surface area contributed by atoms with Crippen molar-refractivity contribution in [1.29, 1.82) is 0 Å². The first kappa shape index (κ1) is 17.5. The molecule has 0 aliphatic rings. The molecule has 2 aromatic carbocycles. The molecular weight excluding hydrogens is 356 g/mol. The number of nitrogens with two attached hydrogens (primary N) is 1. The fourth-order valence-electron chi connectivity index (χ4n) is 3.45. The number of imidazole rings is 1. The van der Waals surface area contributed by atoms with Crippen molar-refractivity contribution in [3.8, 4) is 22.5 Å². The van der Waals surface area contributed by atoms with Gasteiger partial charge >= 0.3 is 5.97 Å². The molecule has 0 atom stereocenters. The summed E-state index contributed by atoms with van der Waals surface area (Å²) < 4.78 is 1.60. The quantitative estimate of drug-likeness (QED) is 0.498. The van der Waals surface area contributed by atoms with Crippen molar-refractivity contribution in [2.45, 2.75) is 13.5 Å². The highest BCUT2D eigenvalue weighted by molar-refractivity contribution is 6.09. The summed E-state index contributed by atoms with van der Waals surface area (Å²) in [5.41, 5.74) is 9.59. The highest BCUT2D eigenvalue weighted by Crippen LogP contribution is 2.38. The number of aromatic amines is 1.